The zero-order valence-corrected chi connectivity index (χ0v) is 8.24. The lowest BCUT2D eigenvalue weighted by Crippen LogP contribution is -2.09. The third-order valence-electron chi connectivity index (χ3n) is 1.17. The highest BCUT2D eigenvalue weighted by Gasteiger charge is 1.98. The molecule has 0 bridgehead atoms. The first-order valence-electron chi connectivity index (χ1n) is 3.86. The van der Waals surface area contributed by atoms with Gasteiger partial charge >= 0.3 is 0 Å². The van der Waals surface area contributed by atoms with Gasteiger partial charge in [-0.3, -0.25) is 5.41 Å². The summed E-state index contributed by atoms with van der Waals surface area (Å²) in [6.07, 6.45) is 0. The second-order valence-electron chi connectivity index (χ2n) is 1.92. The highest BCUT2D eigenvalue weighted by Crippen LogP contribution is 2.12. The third kappa shape index (κ3) is 3.02. The molecule has 0 aliphatic heterocycles. The van der Waals surface area contributed by atoms with E-state index in [1.165, 1.54) is 11.3 Å². The van der Waals surface area contributed by atoms with Crippen LogP contribution in [0.5, 0.6) is 0 Å². The van der Waals surface area contributed by atoms with Crippen molar-refractivity contribution in [2.75, 3.05) is 0 Å². The van der Waals surface area contributed by atoms with E-state index in [9.17, 15) is 0 Å². The fourth-order valence-corrected chi connectivity index (χ4v) is 1.39. The van der Waals surface area contributed by atoms with E-state index in [0.717, 1.165) is 10.4 Å². The fraction of sp³-hybridized carbons (Fsp3) is 0.375. The van der Waals surface area contributed by atoms with Crippen molar-refractivity contribution in [3.05, 3.63) is 21.9 Å². The van der Waals surface area contributed by atoms with Crippen LogP contribution in [0.25, 0.3) is 0 Å². The molecule has 0 atom stereocenters. The number of hydrogen-bond donors (Lipinski definition) is 3. The van der Waals surface area contributed by atoms with Gasteiger partial charge in [0.2, 0.25) is 0 Å². The highest BCUT2D eigenvalue weighted by atomic mass is 32.1. The van der Waals surface area contributed by atoms with Gasteiger partial charge in [0.15, 0.2) is 0 Å². The van der Waals surface area contributed by atoms with Gasteiger partial charge in [-0.05, 0) is 6.07 Å². The van der Waals surface area contributed by atoms with Crippen LogP contribution < -0.4 is 11.5 Å². The van der Waals surface area contributed by atoms with E-state index < -0.39 is 0 Å². The molecule has 0 aromatic carbocycles. The molecule has 1 rings (SSSR count). The smallest absolute Gasteiger partial charge is 0.123 e. The SMILES string of the molecule is CC.N=C(N)c1csc(CN)c1. The van der Waals surface area contributed by atoms with Gasteiger partial charge in [0.1, 0.15) is 5.84 Å². The van der Waals surface area contributed by atoms with E-state index in [-0.39, 0.29) is 5.84 Å². The molecular weight excluding hydrogens is 170 g/mol. The Kier molecular flexibility index (Phi) is 5.32. The van der Waals surface area contributed by atoms with Gasteiger partial charge < -0.3 is 11.5 Å². The Labute approximate surface area is 76.9 Å². The molecule has 0 aliphatic rings. The first-order chi connectivity index (χ1) is 5.74. The molecule has 0 radical (unpaired) electrons. The van der Waals surface area contributed by atoms with Crippen molar-refractivity contribution in [1.29, 1.82) is 5.41 Å². The van der Waals surface area contributed by atoms with Gasteiger partial charge in [0.05, 0.1) is 0 Å². The molecule has 0 aliphatic carbocycles. The van der Waals surface area contributed by atoms with Gasteiger partial charge in [-0.15, -0.1) is 11.3 Å². The van der Waals surface area contributed by atoms with E-state index in [0.29, 0.717) is 6.54 Å². The summed E-state index contributed by atoms with van der Waals surface area (Å²) in [5.41, 5.74) is 11.4. The van der Waals surface area contributed by atoms with E-state index in [2.05, 4.69) is 0 Å². The Bertz CT molecular complexity index is 242. The van der Waals surface area contributed by atoms with E-state index >= 15 is 0 Å². The van der Waals surface area contributed by atoms with Crippen LogP contribution in [0.1, 0.15) is 24.3 Å². The van der Waals surface area contributed by atoms with Gasteiger partial charge in [-0.1, -0.05) is 13.8 Å². The molecule has 1 heterocycles. The van der Waals surface area contributed by atoms with Crippen LogP contribution in [0.2, 0.25) is 0 Å². The topological polar surface area (TPSA) is 75.9 Å². The fourth-order valence-electron chi connectivity index (χ4n) is 0.629. The zero-order valence-electron chi connectivity index (χ0n) is 7.42. The van der Waals surface area contributed by atoms with Crippen LogP contribution in [0.15, 0.2) is 11.4 Å². The second kappa shape index (κ2) is 5.74. The standard InChI is InChI=1S/C6H9N3S.C2H6/c7-2-5-1-4(3-10-5)6(8)9;1-2/h1,3H,2,7H2,(H3,8,9);1-2H3. The molecule has 12 heavy (non-hydrogen) atoms. The molecule has 0 fully saturated rings. The average Bonchev–Trinajstić information content (AvgIpc) is 2.55. The average molecular weight is 185 g/mol. The van der Waals surface area contributed by atoms with E-state index in [4.69, 9.17) is 16.9 Å². The molecule has 5 N–H and O–H groups in total. The summed E-state index contributed by atoms with van der Waals surface area (Å²) in [4.78, 5) is 1.06. The van der Waals surface area contributed by atoms with Crippen LogP contribution in [0.3, 0.4) is 0 Å². The first-order valence-corrected chi connectivity index (χ1v) is 4.74. The molecule has 3 nitrogen and oxygen atoms in total. The predicted molar refractivity (Wildman–Crippen MR) is 54.6 cm³/mol. The Morgan fingerprint density at radius 2 is 2.17 bits per heavy atom. The van der Waals surface area contributed by atoms with Gasteiger partial charge in [0.25, 0.3) is 0 Å². The third-order valence-corrected chi connectivity index (χ3v) is 2.12. The van der Waals surface area contributed by atoms with Crippen molar-refractivity contribution in [3.8, 4) is 0 Å². The van der Waals surface area contributed by atoms with Crippen molar-refractivity contribution in [3.63, 3.8) is 0 Å². The summed E-state index contributed by atoms with van der Waals surface area (Å²) in [5.74, 6) is 0.107. The Morgan fingerprint density at radius 3 is 2.42 bits per heavy atom. The highest BCUT2D eigenvalue weighted by molar-refractivity contribution is 7.10. The molecule has 1 aromatic rings. The Balaban J connectivity index is 0.000000561. The van der Waals surface area contributed by atoms with Crippen molar-refractivity contribution in [2.45, 2.75) is 20.4 Å². The first kappa shape index (κ1) is 11.1. The molecule has 0 saturated carbocycles. The molecule has 0 spiro atoms. The Hall–Kier alpha value is -0.870. The summed E-state index contributed by atoms with van der Waals surface area (Å²) in [7, 11) is 0. The molecule has 0 unspecified atom stereocenters. The van der Waals surface area contributed by atoms with Gasteiger partial charge in [-0.2, -0.15) is 0 Å². The lowest BCUT2D eigenvalue weighted by Gasteiger charge is -1.87. The van der Waals surface area contributed by atoms with Gasteiger partial charge in [0, 0.05) is 22.4 Å². The second-order valence-corrected chi connectivity index (χ2v) is 2.92. The number of nitrogens with one attached hydrogen (secondary N) is 1. The summed E-state index contributed by atoms with van der Waals surface area (Å²) in [6.45, 7) is 4.53. The molecule has 4 heteroatoms. The number of thiophene rings is 1. The van der Waals surface area contributed by atoms with E-state index in [1.807, 2.05) is 25.3 Å². The number of amidine groups is 1. The maximum absolute atomic E-state index is 7.07. The molecule has 0 amide bonds. The minimum absolute atomic E-state index is 0.107. The van der Waals surface area contributed by atoms with Crippen molar-refractivity contribution in [2.24, 2.45) is 11.5 Å². The summed E-state index contributed by atoms with van der Waals surface area (Å²) < 4.78 is 0. The number of hydrogen-bond acceptors (Lipinski definition) is 3. The lowest BCUT2D eigenvalue weighted by molar-refractivity contribution is 1.11. The van der Waals surface area contributed by atoms with Crippen molar-refractivity contribution < 1.29 is 0 Å². The summed E-state index contributed by atoms with van der Waals surface area (Å²) >= 11 is 1.53. The number of nitrogen functional groups attached to an aromatic ring is 1. The minimum atomic E-state index is 0.107. The maximum atomic E-state index is 7.07. The molecule has 68 valence electrons. The number of rotatable bonds is 2. The number of nitrogens with two attached hydrogens (primary N) is 2. The molecule has 0 saturated heterocycles. The quantitative estimate of drug-likeness (QED) is 0.482. The summed E-state index contributed by atoms with van der Waals surface area (Å²) in [6, 6.07) is 1.84. The summed E-state index contributed by atoms with van der Waals surface area (Å²) in [5, 5.41) is 8.91. The van der Waals surface area contributed by atoms with Crippen LogP contribution in [-0.2, 0) is 6.54 Å². The lowest BCUT2D eigenvalue weighted by atomic mass is 10.3. The minimum Gasteiger partial charge on any atom is -0.384 e. The zero-order chi connectivity index (χ0) is 9.56. The van der Waals surface area contributed by atoms with Crippen molar-refractivity contribution in [1.82, 2.24) is 0 Å². The molecular formula is C8H15N3S. The van der Waals surface area contributed by atoms with E-state index in [1.54, 1.807) is 0 Å². The normalized spacial score (nSPS) is 8.58. The van der Waals surface area contributed by atoms with Crippen LogP contribution >= 0.6 is 11.3 Å². The Morgan fingerprint density at radius 1 is 1.58 bits per heavy atom. The van der Waals surface area contributed by atoms with Gasteiger partial charge in [-0.25, -0.2) is 0 Å². The monoisotopic (exact) mass is 185 g/mol. The largest absolute Gasteiger partial charge is 0.384 e. The van der Waals surface area contributed by atoms with Crippen LogP contribution in [0.4, 0.5) is 0 Å². The molecule has 1 aromatic heterocycles. The van der Waals surface area contributed by atoms with Crippen LogP contribution in [0, 0.1) is 5.41 Å². The van der Waals surface area contributed by atoms with Crippen molar-refractivity contribution >= 4 is 17.2 Å². The van der Waals surface area contributed by atoms with Crippen LogP contribution in [-0.4, -0.2) is 5.84 Å². The predicted octanol–water partition coefficient (Wildman–Crippen LogP) is 1.52. The maximum Gasteiger partial charge on any atom is 0.123 e.